The molecule has 0 amide bonds. The summed E-state index contributed by atoms with van der Waals surface area (Å²) in [5.41, 5.74) is 1.42. The Labute approximate surface area is 64.0 Å². The zero-order valence-electron chi connectivity index (χ0n) is 6.93. The predicted octanol–water partition coefficient (Wildman–Crippen LogP) is 3.48. The average molecular weight is 136 g/mol. The van der Waals surface area contributed by atoms with Gasteiger partial charge in [-0.15, -0.1) is 6.58 Å². The highest BCUT2D eigenvalue weighted by Gasteiger charge is 1.76. The molecule has 0 aliphatic heterocycles. The van der Waals surface area contributed by atoms with Crippen LogP contribution >= 0.6 is 0 Å². The van der Waals surface area contributed by atoms with Gasteiger partial charge in [0.25, 0.3) is 0 Å². The Morgan fingerprint density at radius 1 is 1.50 bits per heavy atom. The van der Waals surface area contributed by atoms with Crippen molar-refractivity contribution in [2.75, 3.05) is 0 Å². The van der Waals surface area contributed by atoms with E-state index in [9.17, 15) is 0 Å². The van der Waals surface area contributed by atoms with Crippen LogP contribution in [0, 0.1) is 0 Å². The lowest BCUT2D eigenvalue weighted by Gasteiger charge is -1.88. The molecule has 0 bridgehead atoms. The summed E-state index contributed by atoms with van der Waals surface area (Å²) in [6.45, 7) is 7.92. The van der Waals surface area contributed by atoms with Crippen LogP contribution in [0.2, 0.25) is 0 Å². The molecule has 0 N–H and O–H groups in total. The molecule has 0 atom stereocenters. The van der Waals surface area contributed by atoms with Gasteiger partial charge in [0, 0.05) is 0 Å². The van der Waals surface area contributed by atoms with E-state index in [1.807, 2.05) is 6.08 Å². The maximum atomic E-state index is 3.63. The van der Waals surface area contributed by atoms with Crippen molar-refractivity contribution in [2.24, 2.45) is 0 Å². The molecule has 0 saturated heterocycles. The van der Waals surface area contributed by atoms with Crippen molar-refractivity contribution in [3.05, 3.63) is 36.5 Å². The lowest BCUT2D eigenvalue weighted by molar-refractivity contribution is 1.10. The van der Waals surface area contributed by atoms with Crippen LogP contribution in [-0.4, -0.2) is 0 Å². The van der Waals surface area contributed by atoms with E-state index in [4.69, 9.17) is 0 Å². The van der Waals surface area contributed by atoms with E-state index in [0.29, 0.717) is 0 Å². The van der Waals surface area contributed by atoms with E-state index < -0.39 is 0 Å². The van der Waals surface area contributed by atoms with Gasteiger partial charge >= 0.3 is 0 Å². The number of allylic oxidation sites excluding steroid dienone is 5. The van der Waals surface area contributed by atoms with Gasteiger partial charge in [-0.1, -0.05) is 36.8 Å². The standard InChI is InChI=1S/C10H16/c1-4-6-7-8-9-10(3)5-2/h4,7-9H,1,5-6H2,2-3H3/b8-7-,10-9-. The SMILES string of the molecule is C=CC/C=C\C=C(\C)CC. The fourth-order valence-electron chi connectivity index (χ4n) is 0.525. The summed E-state index contributed by atoms with van der Waals surface area (Å²) in [5.74, 6) is 0. The van der Waals surface area contributed by atoms with Crippen molar-refractivity contribution in [1.82, 2.24) is 0 Å². The maximum Gasteiger partial charge on any atom is -0.0169 e. The van der Waals surface area contributed by atoms with Gasteiger partial charge in [0.1, 0.15) is 0 Å². The molecule has 0 saturated carbocycles. The van der Waals surface area contributed by atoms with Crippen LogP contribution in [0.25, 0.3) is 0 Å². The van der Waals surface area contributed by atoms with Crippen LogP contribution in [-0.2, 0) is 0 Å². The maximum absolute atomic E-state index is 3.63. The minimum atomic E-state index is 0.966. The minimum absolute atomic E-state index is 0.966. The molecule has 10 heavy (non-hydrogen) atoms. The monoisotopic (exact) mass is 136 g/mol. The van der Waals surface area contributed by atoms with Crippen molar-refractivity contribution >= 4 is 0 Å². The summed E-state index contributed by atoms with van der Waals surface area (Å²) in [6.07, 6.45) is 10.3. The first kappa shape index (κ1) is 9.22. The zero-order valence-corrected chi connectivity index (χ0v) is 6.93. The summed E-state index contributed by atoms with van der Waals surface area (Å²) in [6, 6.07) is 0. The van der Waals surface area contributed by atoms with Gasteiger partial charge in [-0.3, -0.25) is 0 Å². The predicted molar refractivity (Wildman–Crippen MR) is 48.0 cm³/mol. The van der Waals surface area contributed by atoms with Gasteiger partial charge < -0.3 is 0 Å². The first-order chi connectivity index (χ1) is 4.81. The van der Waals surface area contributed by atoms with Crippen molar-refractivity contribution in [3.8, 4) is 0 Å². The molecule has 0 heterocycles. The molecule has 0 unspecified atom stereocenters. The second-order valence-corrected chi connectivity index (χ2v) is 2.32. The Hall–Kier alpha value is -0.780. The van der Waals surface area contributed by atoms with Gasteiger partial charge in [-0.25, -0.2) is 0 Å². The third-order valence-corrected chi connectivity index (χ3v) is 1.38. The fraction of sp³-hybridized carbons (Fsp3) is 0.400. The van der Waals surface area contributed by atoms with E-state index in [0.717, 1.165) is 12.8 Å². The van der Waals surface area contributed by atoms with E-state index >= 15 is 0 Å². The Bertz CT molecular complexity index is 138. The highest BCUT2D eigenvalue weighted by Crippen LogP contribution is 1.97. The molecule has 0 aromatic heterocycles. The van der Waals surface area contributed by atoms with Crippen LogP contribution in [0.5, 0.6) is 0 Å². The van der Waals surface area contributed by atoms with E-state index in [2.05, 4.69) is 38.7 Å². The molecule has 0 heteroatoms. The summed E-state index contributed by atoms with van der Waals surface area (Å²) in [7, 11) is 0. The van der Waals surface area contributed by atoms with Crippen LogP contribution < -0.4 is 0 Å². The number of rotatable bonds is 4. The molecule has 0 nitrogen and oxygen atoms in total. The first-order valence-electron chi connectivity index (χ1n) is 3.74. The van der Waals surface area contributed by atoms with Gasteiger partial charge in [-0.05, 0) is 19.8 Å². The normalized spacial score (nSPS) is 12.4. The molecular formula is C10H16. The quantitative estimate of drug-likeness (QED) is 0.410. The molecule has 0 aliphatic carbocycles. The van der Waals surface area contributed by atoms with E-state index in [1.54, 1.807) is 0 Å². The highest BCUT2D eigenvalue weighted by molar-refractivity contribution is 5.10. The van der Waals surface area contributed by atoms with Gasteiger partial charge in [-0.2, -0.15) is 0 Å². The van der Waals surface area contributed by atoms with Gasteiger partial charge in [0.05, 0.1) is 0 Å². The highest BCUT2D eigenvalue weighted by atomic mass is 13.8. The largest absolute Gasteiger partial charge is 0.103 e. The molecule has 0 spiro atoms. The molecule has 0 aromatic carbocycles. The van der Waals surface area contributed by atoms with Crippen LogP contribution in [0.1, 0.15) is 26.7 Å². The van der Waals surface area contributed by atoms with E-state index in [1.165, 1.54) is 5.57 Å². The van der Waals surface area contributed by atoms with Gasteiger partial charge in [0.2, 0.25) is 0 Å². The topological polar surface area (TPSA) is 0 Å². The summed E-state index contributed by atoms with van der Waals surface area (Å²) < 4.78 is 0. The third kappa shape index (κ3) is 5.36. The smallest absolute Gasteiger partial charge is 0.0169 e. The molecule has 0 aromatic rings. The summed E-state index contributed by atoms with van der Waals surface area (Å²) in [5, 5.41) is 0. The molecule has 0 fully saturated rings. The molecule has 0 aliphatic rings. The lowest BCUT2D eigenvalue weighted by atomic mass is 10.2. The average Bonchev–Trinajstić information content (AvgIpc) is 1.98. The van der Waals surface area contributed by atoms with Gasteiger partial charge in [0.15, 0.2) is 0 Å². The van der Waals surface area contributed by atoms with Crippen LogP contribution in [0.4, 0.5) is 0 Å². The van der Waals surface area contributed by atoms with E-state index in [-0.39, 0.29) is 0 Å². The summed E-state index contributed by atoms with van der Waals surface area (Å²) in [4.78, 5) is 0. The minimum Gasteiger partial charge on any atom is -0.103 e. The summed E-state index contributed by atoms with van der Waals surface area (Å²) >= 11 is 0. The second-order valence-electron chi connectivity index (χ2n) is 2.32. The second kappa shape index (κ2) is 6.34. The van der Waals surface area contributed by atoms with Crippen molar-refractivity contribution in [1.29, 1.82) is 0 Å². The molecule has 0 rings (SSSR count). The third-order valence-electron chi connectivity index (χ3n) is 1.38. The zero-order chi connectivity index (χ0) is 7.82. The van der Waals surface area contributed by atoms with Crippen molar-refractivity contribution in [3.63, 3.8) is 0 Å². The first-order valence-corrected chi connectivity index (χ1v) is 3.74. The van der Waals surface area contributed by atoms with Crippen LogP contribution in [0.3, 0.4) is 0 Å². The fourth-order valence-corrected chi connectivity index (χ4v) is 0.525. The molecule has 0 radical (unpaired) electrons. The Morgan fingerprint density at radius 3 is 2.70 bits per heavy atom. The Kier molecular flexibility index (Phi) is 5.85. The van der Waals surface area contributed by atoms with Crippen LogP contribution in [0.15, 0.2) is 36.5 Å². The number of hydrogen-bond donors (Lipinski definition) is 0. The van der Waals surface area contributed by atoms with Crippen molar-refractivity contribution < 1.29 is 0 Å². The molecular weight excluding hydrogens is 120 g/mol. The lowest BCUT2D eigenvalue weighted by Crippen LogP contribution is -1.67. The Morgan fingerprint density at radius 2 is 2.20 bits per heavy atom. The molecule has 56 valence electrons. The Balaban J connectivity index is 3.58. The van der Waals surface area contributed by atoms with Crippen molar-refractivity contribution in [2.45, 2.75) is 26.7 Å². The number of hydrogen-bond acceptors (Lipinski definition) is 0.